The van der Waals surface area contributed by atoms with E-state index in [0.717, 1.165) is 21.9 Å². The summed E-state index contributed by atoms with van der Waals surface area (Å²) in [6, 6.07) is 28.1. The Morgan fingerprint density at radius 2 is 1.66 bits per heavy atom. The monoisotopic (exact) mass is 702 g/mol. The van der Waals surface area contributed by atoms with Crippen molar-refractivity contribution >= 4 is 80.9 Å². The van der Waals surface area contributed by atoms with Crippen molar-refractivity contribution in [1.82, 2.24) is 10.3 Å². The third-order valence-corrected chi connectivity index (χ3v) is 8.82. The van der Waals surface area contributed by atoms with Crippen LogP contribution in [0.5, 0.6) is 5.75 Å². The molecular formula is C35H28Cl2N4O4S2. The number of carbonyl (C=O) groups excluding carboxylic acids is 3. The number of thiazole rings is 1. The number of hydrogen-bond acceptors (Lipinski definition) is 7. The van der Waals surface area contributed by atoms with E-state index in [0.29, 0.717) is 38.6 Å². The molecule has 1 aromatic heterocycles. The van der Waals surface area contributed by atoms with Gasteiger partial charge in [-0.25, -0.2) is 4.98 Å². The standard InChI is InChI=1S/C35H28Cl2N4O4S2/c1-2-45-27-14-9-22(10-15-27)31-20-47-35(40-31)41-32(42)21-46-28-16-12-26(13-17-28)38-34(44)30(18-24-8-11-25(36)19-29(24)37)39-33(43)23-6-4-3-5-7-23/h3-20H,2,21H2,1H3,(H,38,44)(H,39,43)(H,40,41,42)/b30-18-. The first-order valence-corrected chi connectivity index (χ1v) is 17.0. The number of benzene rings is 4. The van der Waals surface area contributed by atoms with E-state index in [1.54, 1.807) is 72.8 Å². The summed E-state index contributed by atoms with van der Waals surface area (Å²) < 4.78 is 5.48. The minimum atomic E-state index is -0.548. The molecule has 0 saturated carbocycles. The number of halogens is 2. The van der Waals surface area contributed by atoms with Gasteiger partial charge in [0.05, 0.1) is 18.1 Å². The van der Waals surface area contributed by atoms with Gasteiger partial charge in [0.25, 0.3) is 11.8 Å². The van der Waals surface area contributed by atoms with Crippen LogP contribution in [0.4, 0.5) is 10.8 Å². The molecule has 0 aliphatic carbocycles. The summed E-state index contributed by atoms with van der Waals surface area (Å²) in [6.45, 7) is 2.53. The van der Waals surface area contributed by atoms with E-state index in [9.17, 15) is 14.4 Å². The summed E-state index contributed by atoms with van der Waals surface area (Å²) in [7, 11) is 0. The number of aromatic nitrogens is 1. The predicted octanol–water partition coefficient (Wildman–Crippen LogP) is 8.66. The fourth-order valence-corrected chi connectivity index (χ4v) is 6.10. The molecule has 3 N–H and O–H groups in total. The van der Waals surface area contributed by atoms with E-state index < -0.39 is 11.8 Å². The highest BCUT2D eigenvalue weighted by atomic mass is 35.5. The molecular weight excluding hydrogens is 675 g/mol. The van der Waals surface area contributed by atoms with E-state index in [-0.39, 0.29) is 17.4 Å². The molecule has 12 heteroatoms. The van der Waals surface area contributed by atoms with Gasteiger partial charge in [-0.05, 0) is 91.4 Å². The first-order valence-electron chi connectivity index (χ1n) is 14.3. The summed E-state index contributed by atoms with van der Waals surface area (Å²) in [5, 5.41) is 11.5. The third kappa shape index (κ3) is 9.69. The molecule has 0 unspecified atom stereocenters. The molecule has 238 valence electrons. The minimum absolute atomic E-state index is 0.00827. The lowest BCUT2D eigenvalue weighted by Gasteiger charge is -2.12. The van der Waals surface area contributed by atoms with E-state index in [4.69, 9.17) is 27.9 Å². The van der Waals surface area contributed by atoms with Crippen molar-refractivity contribution in [3.05, 3.63) is 129 Å². The molecule has 0 aliphatic rings. The smallest absolute Gasteiger partial charge is 0.272 e. The number of nitrogens with one attached hydrogen (secondary N) is 3. The van der Waals surface area contributed by atoms with E-state index in [2.05, 4.69) is 20.9 Å². The van der Waals surface area contributed by atoms with Gasteiger partial charge in [0.2, 0.25) is 5.91 Å². The number of nitrogens with zero attached hydrogens (tertiary/aromatic N) is 1. The molecule has 3 amide bonds. The Morgan fingerprint density at radius 1 is 0.915 bits per heavy atom. The van der Waals surface area contributed by atoms with Crippen LogP contribution < -0.4 is 20.7 Å². The van der Waals surface area contributed by atoms with Gasteiger partial charge in [-0.1, -0.05) is 47.5 Å². The van der Waals surface area contributed by atoms with Crippen LogP contribution in [0.3, 0.4) is 0 Å². The van der Waals surface area contributed by atoms with Crippen LogP contribution in [0, 0.1) is 0 Å². The summed E-state index contributed by atoms with van der Waals surface area (Å²) in [6.07, 6.45) is 1.49. The van der Waals surface area contributed by atoms with Crippen molar-refractivity contribution in [3.8, 4) is 17.0 Å². The number of thioether (sulfide) groups is 1. The van der Waals surface area contributed by atoms with Crippen molar-refractivity contribution in [2.45, 2.75) is 11.8 Å². The van der Waals surface area contributed by atoms with Crippen LogP contribution in [-0.4, -0.2) is 35.1 Å². The highest BCUT2D eigenvalue weighted by Gasteiger charge is 2.16. The van der Waals surface area contributed by atoms with Gasteiger partial charge in [-0.15, -0.1) is 23.1 Å². The maximum atomic E-state index is 13.3. The molecule has 47 heavy (non-hydrogen) atoms. The van der Waals surface area contributed by atoms with E-state index >= 15 is 0 Å². The molecule has 1 heterocycles. The van der Waals surface area contributed by atoms with Gasteiger partial charge >= 0.3 is 0 Å². The molecule has 0 radical (unpaired) electrons. The average molecular weight is 704 g/mol. The molecule has 5 aromatic rings. The SMILES string of the molecule is CCOc1ccc(-c2csc(NC(=O)CSc3ccc(NC(=O)/C(=C/c4ccc(Cl)cc4Cl)NC(=O)c4ccccc4)cc3)n2)cc1. The summed E-state index contributed by atoms with van der Waals surface area (Å²) in [5.41, 5.74) is 3.09. The van der Waals surface area contributed by atoms with Crippen molar-refractivity contribution < 1.29 is 19.1 Å². The number of amides is 3. The number of ether oxygens (including phenoxy) is 1. The number of anilines is 2. The van der Waals surface area contributed by atoms with Crippen LogP contribution in [0.1, 0.15) is 22.8 Å². The second-order valence-electron chi connectivity index (χ2n) is 9.85. The molecule has 4 aromatic carbocycles. The van der Waals surface area contributed by atoms with Crippen LogP contribution in [0.2, 0.25) is 10.0 Å². The second-order valence-corrected chi connectivity index (χ2v) is 12.6. The summed E-state index contributed by atoms with van der Waals surface area (Å²) in [4.78, 5) is 44.2. The quantitative estimate of drug-likeness (QED) is 0.0887. The molecule has 0 bridgehead atoms. The molecule has 0 saturated heterocycles. The Labute approximate surface area is 290 Å². The fraction of sp³-hybridized carbons (Fsp3) is 0.0857. The Morgan fingerprint density at radius 3 is 2.36 bits per heavy atom. The Bertz CT molecular complexity index is 1900. The number of hydrogen-bond donors (Lipinski definition) is 3. The Hall–Kier alpha value is -4.61. The van der Waals surface area contributed by atoms with Crippen LogP contribution >= 0.6 is 46.3 Å². The fourth-order valence-electron chi connectivity index (χ4n) is 4.21. The first kappa shape index (κ1) is 33.7. The van der Waals surface area contributed by atoms with Gasteiger partial charge in [-0.3, -0.25) is 14.4 Å². The zero-order valence-electron chi connectivity index (χ0n) is 25.0. The maximum Gasteiger partial charge on any atom is 0.272 e. The summed E-state index contributed by atoms with van der Waals surface area (Å²) in [5.74, 6) is -0.227. The lowest BCUT2D eigenvalue weighted by atomic mass is 10.1. The van der Waals surface area contributed by atoms with Gasteiger partial charge in [-0.2, -0.15) is 0 Å². The van der Waals surface area contributed by atoms with Crippen LogP contribution in [0.15, 0.2) is 113 Å². The Balaban J connectivity index is 1.18. The predicted molar refractivity (Wildman–Crippen MR) is 191 cm³/mol. The first-order chi connectivity index (χ1) is 22.8. The lowest BCUT2D eigenvalue weighted by molar-refractivity contribution is -0.114. The number of carbonyl (C=O) groups is 3. The maximum absolute atomic E-state index is 13.3. The molecule has 5 rings (SSSR count). The molecule has 0 spiro atoms. The van der Waals surface area contributed by atoms with E-state index in [1.165, 1.54) is 29.2 Å². The molecule has 0 atom stereocenters. The second kappa shape index (κ2) is 16.3. The zero-order chi connectivity index (χ0) is 33.2. The van der Waals surface area contributed by atoms with E-state index in [1.807, 2.05) is 36.6 Å². The molecule has 0 fully saturated rings. The van der Waals surface area contributed by atoms with Gasteiger partial charge in [0.1, 0.15) is 11.4 Å². The van der Waals surface area contributed by atoms with Crippen LogP contribution in [-0.2, 0) is 9.59 Å². The van der Waals surface area contributed by atoms with Gasteiger partial charge in [0.15, 0.2) is 5.13 Å². The zero-order valence-corrected chi connectivity index (χ0v) is 28.1. The van der Waals surface area contributed by atoms with Crippen molar-refractivity contribution in [2.75, 3.05) is 23.0 Å². The van der Waals surface area contributed by atoms with Crippen LogP contribution in [0.25, 0.3) is 17.3 Å². The van der Waals surface area contributed by atoms with Gasteiger partial charge in [0, 0.05) is 37.1 Å². The molecule has 8 nitrogen and oxygen atoms in total. The lowest BCUT2D eigenvalue weighted by Crippen LogP contribution is -2.30. The number of rotatable bonds is 12. The topological polar surface area (TPSA) is 109 Å². The highest BCUT2D eigenvalue weighted by molar-refractivity contribution is 8.00. The van der Waals surface area contributed by atoms with Crippen molar-refractivity contribution in [2.24, 2.45) is 0 Å². The third-order valence-electron chi connectivity index (χ3n) is 6.48. The average Bonchev–Trinajstić information content (AvgIpc) is 3.54. The highest BCUT2D eigenvalue weighted by Crippen LogP contribution is 2.28. The normalized spacial score (nSPS) is 11.1. The van der Waals surface area contributed by atoms with Crippen molar-refractivity contribution in [1.29, 1.82) is 0 Å². The summed E-state index contributed by atoms with van der Waals surface area (Å²) >= 11 is 15.1. The minimum Gasteiger partial charge on any atom is -0.494 e. The largest absolute Gasteiger partial charge is 0.494 e. The molecule has 0 aliphatic heterocycles. The Kier molecular flexibility index (Phi) is 11.7. The van der Waals surface area contributed by atoms with Crippen molar-refractivity contribution in [3.63, 3.8) is 0 Å². The van der Waals surface area contributed by atoms with Gasteiger partial charge < -0.3 is 20.7 Å².